The van der Waals surface area contributed by atoms with Crippen molar-refractivity contribution in [2.24, 2.45) is 0 Å². The zero-order valence-corrected chi connectivity index (χ0v) is 10.9. The summed E-state index contributed by atoms with van der Waals surface area (Å²) in [5.41, 5.74) is 1.01. The molecule has 1 aromatic carbocycles. The summed E-state index contributed by atoms with van der Waals surface area (Å²) in [5, 5.41) is 10.2. The van der Waals surface area contributed by atoms with Gasteiger partial charge in [-0.3, -0.25) is 9.97 Å². The molecule has 106 valence electrons. The van der Waals surface area contributed by atoms with E-state index in [1.165, 1.54) is 25.4 Å². The largest absolute Gasteiger partial charge is 0.416 e. The van der Waals surface area contributed by atoms with E-state index in [0.29, 0.717) is 22.5 Å². The maximum absolute atomic E-state index is 12.6. The first kappa shape index (κ1) is 14.5. The molecule has 0 spiro atoms. The zero-order valence-electron chi connectivity index (χ0n) is 10.9. The summed E-state index contributed by atoms with van der Waals surface area (Å²) < 4.78 is 37.7. The van der Waals surface area contributed by atoms with Crippen LogP contribution in [-0.4, -0.2) is 15.1 Å². The van der Waals surface area contributed by atoms with Gasteiger partial charge in [0.1, 0.15) is 6.10 Å². The summed E-state index contributed by atoms with van der Waals surface area (Å²) in [6.45, 7) is 3.28. The highest BCUT2D eigenvalue weighted by molar-refractivity contribution is 5.36. The molecule has 6 heteroatoms. The molecule has 0 bridgehead atoms. The van der Waals surface area contributed by atoms with Crippen LogP contribution < -0.4 is 0 Å². The van der Waals surface area contributed by atoms with E-state index in [0.717, 1.165) is 12.1 Å². The van der Waals surface area contributed by atoms with Crippen molar-refractivity contribution in [2.75, 3.05) is 0 Å². The molecule has 1 heterocycles. The standard InChI is InChI=1S/C14H13F3N2O/c1-8-5-10(14(15,16)17)3-4-11(8)13(20)12-7-18-9(2)6-19-12/h3-7,13,20H,1-2H3. The molecule has 0 amide bonds. The molecule has 2 rings (SSSR count). The minimum atomic E-state index is -4.39. The number of aliphatic hydroxyl groups is 1. The molecule has 1 unspecified atom stereocenters. The Morgan fingerprint density at radius 3 is 2.30 bits per heavy atom. The van der Waals surface area contributed by atoms with Crippen molar-refractivity contribution in [3.63, 3.8) is 0 Å². The molecule has 3 nitrogen and oxygen atoms in total. The molecular formula is C14H13F3N2O. The topological polar surface area (TPSA) is 46.0 Å². The van der Waals surface area contributed by atoms with Crippen LogP contribution in [0.25, 0.3) is 0 Å². The highest BCUT2D eigenvalue weighted by Crippen LogP contribution is 2.32. The van der Waals surface area contributed by atoms with Gasteiger partial charge in [-0.25, -0.2) is 0 Å². The third-order valence-corrected chi connectivity index (χ3v) is 2.97. The van der Waals surface area contributed by atoms with E-state index in [2.05, 4.69) is 9.97 Å². The monoisotopic (exact) mass is 282 g/mol. The van der Waals surface area contributed by atoms with Gasteiger partial charge in [-0.05, 0) is 37.1 Å². The van der Waals surface area contributed by atoms with E-state index in [4.69, 9.17) is 0 Å². The Morgan fingerprint density at radius 1 is 1.10 bits per heavy atom. The Balaban J connectivity index is 2.36. The number of hydrogen-bond acceptors (Lipinski definition) is 3. The Bertz CT molecular complexity index is 609. The average molecular weight is 282 g/mol. The van der Waals surface area contributed by atoms with Gasteiger partial charge >= 0.3 is 6.18 Å². The smallest absolute Gasteiger partial charge is 0.382 e. The van der Waals surface area contributed by atoms with E-state index in [-0.39, 0.29) is 0 Å². The van der Waals surface area contributed by atoms with Crippen molar-refractivity contribution in [1.82, 2.24) is 9.97 Å². The number of benzene rings is 1. The molecule has 1 atom stereocenters. The van der Waals surface area contributed by atoms with Crippen LogP contribution in [0.5, 0.6) is 0 Å². The van der Waals surface area contributed by atoms with Gasteiger partial charge in [0.25, 0.3) is 0 Å². The number of aromatic nitrogens is 2. The molecule has 0 fully saturated rings. The van der Waals surface area contributed by atoms with Crippen LogP contribution in [0.1, 0.15) is 34.2 Å². The Labute approximate surface area is 114 Å². The molecule has 0 saturated carbocycles. The Kier molecular flexibility index (Phi) is 3.76. The third kappa shape index (κ3) is 2.96. The lowest BCUT2D eigenvalue weighted by Gasteiger charge is -2.15. The number of nitrogens with zero attached hydrogens (tertiary/aromatic N) is 2. The summed E-state index contributed by atoms with van der Waals surface area (Å²) >= 11 is 0. The Hall–Kier alpha value is -1.95. The van der Waals surface area contributed by atoms with Crippen LogP contribution in [0.3, 0.4) is 0 Å². The van der Waals surface area contributed by atoms with E-state index < -0.39 is 17.8 Å². The number of aryl methyl sites for hydroxylation is 2. The number of rotatable bonds is 2. The molecule has 0 aliphatic carbocycles. The van der Waals surface area contributed by atoms with Gasteiger partial charge in [0.15, 0.2) is 0 Å². The van der Waals surface area contributed by atoms with Crippen molar-refractivity contribution in [1.29, 1.82) is 0 Å². The lowest BCUT2D eigenvalue weighted by Crippen LogP contribution is -2.09. The number of aliphatic hydroxyl groups excluding tert-OH is 1. The SMILES string of the molecule is Cc1cnc(C(O)c2ccc(C(F)(F)F)cc2C)cn1. The zero-order chi connectivity index (χ0) is 14.9. The van der Waals surface area contributed by atoms with Gasteiger partial charge in [-0.1, -0.05) is 6.07 Å². The number of alkyl halides is 3. The minimum absolute atomic E-state index is 0.304. The van der Waals surface area contributed by atoms with Gasteiger partial charge in [0.05, 0.1) is 23.1 Å². The lowest BCUT2D eigenvalue weighted by atomic mass is 9.99. The van der Waals surface area contributed by atoms with Crippen LogP contribution in [0, 0.1) is 13.8 Å². The van der Waals surface area contributed by atoms with Gasteiger partial charge in [-0.2, -0.15) is 13.2 Å². The van der Waals surface area contributed by atoms with Crippen LogP contribution in [0.4, 0.5) is 13.2 Å². The second-order valence-electron chi connectivity index (χ2n) is 4.55. The lowest BCUT2D eigenvalue weighted by molar-refractivity contribution is -0.137. The van der Waals surface area contributed by atoms with Crippen molar-refractivity contribution >= 4 is 0 Å². The van der Waals surface area contributed by atoms with Gasteiger partial charge in [0.2, 0.25) is 0 Å². The van der Waals surface area contributed by atoms with Gasteiger partial charge < -0.3 is 5.11 Å². The predicted octanol–water partition coefficient (Wildman–Crippen LogP) is 3.19. The molecule has 0 aliphatic heterocycles. The van der Waals surface area contributed by atoms with Crippen LogP contribution >= 0.6 is 0 Å². The molecule has 0 saturated heterocycles. The maximum Gasteiger partial charge on any atom is 0.416 e. The normalized spacial score (nSPS) is 13.3. The van der Waals surface area contributed by atoms with Crippen LogP contribution in [0.15, 0.2) is 30.6 Å². The highest BCUT2D eigenvalue weighted by Gasteiger charge is 2.31. The summed E-state index contributed by atoms with van der Waals surface area (Å²) in [6, 6.07) is 3.23. The molecule has 2 aromatic rings. The summed E-state index contributed by atoms with van der Waals surface area (Å²) in [7, 11) is 0. The molecule has 0 radical (unpaired) electrons. The van der Waals surface area contributed by atoms with E-state index in [9.17, 15) is 18.3 Å². The highest BCUT2D eigenvalue weighted by atomic mass is 19.4. The first-order chi connectivity index (χ1) is 9.29. The van der Waals surface area contributed by atoms with Crippen molar-refractivity contribution in [3.05, 3.63) is 58.7 Å². The summed E-state index contributed by atoms with van der Waals surface area (Å²) in [5.74, 6) is 0. The molecule has 1 N–H and O–H groups in total. The minimum Gasteiger partial charge on any atom is -0.382 e. The second-order valence-corrected chi connectivity index (χ2v) is 4.55. The fourth-order valence-electron chi connectivity index (χ4n) is 1.86. The maximum atomic E-state index is 12.6. The van der Waals surface area contributed by atoms with Crippen LogP contribution in [-0.2, 0) is 6.18 Å². The number of halogens is 3. The second kappa shape index (κ2) is 5.20. The molecule has 0 aliphatic rings. The summed E-state index contributed by atoms with van der Waals surface area (Å²) in [6.07, 6.45) is -2.57. The summed E-state index contributed by atoms with van der Waals surface area (Å²) in [4.78, 5) is 8.04. The van der Waals surface area contributed by atoms with Gasteiger partial charge in [-0.15, -0.1) is 0 Å². The molecule has 20 heavy (non-hydrogen) atoms. The van der Waals surface area contributed by atoms with Gasteiger partial charge in [0, 0.05) is 6.20 Å². The van der Waals surface area contributed by atoms with Crippen molar-refractivity contribution < 1.29 is 18.3 Å². The van der Waals surface area contributed by atoms with E-state index >= 15 is 0 Å². The molecular weight excluding hydrogens is 269 g/mol. The molecule has 1 aromatic heterocycles. The fourth-order valence-corrected chi connectivity index (χ4v) is 1.86. The number of hydrogen-bond donors (Lipinski definition) is 1. The quantitative estimate of drug-likeness (QED) is 0.920. The van der Waals surface area contributed by atoms with E-state index in [1.807, 2.05) is 0 Å². The van der Waals surface area contributed by atoms with E-state index in [1.54, 1.807) is 6.92 Å². The van der Waals surface area contributed by atoms with Crippen LogP contribution in [0.2, 0.25) is 0 Å². The Morgan fingerprint density at radius 2 is 1.80 bits per heavy atom. The first-order valence-corrected chi connectivity index (χ1v) is 5.93. The predicted molar refractivity (Wildman–Crippen MR) is 67.0 cm³/mol. The average Bonchev–Trinajstić information content (AvgIpc) is 2.37. The van der Waals surface area contributed by atoms with Crippen molar-refractivity contribution in [2.45, 2.75) is 26.1 Å². The first-order valence-electron chi connectivity index (χ1n) is 5.93. The van der Waals surface area contributed by atoms with Crippen molar-refractivity contribution in [3.8, 4) is 0 Å². The fraction of sp³-hybridized carbons (Fsp3) is 0.286. The third-order valence-electron chi connectivity index (χ3n) is 2.97.